The molecule has 0 bridgehead atoms. The first-order valence-corrected chi connectivity index (χ1v) is 8.69. The third kappa shape index (κ3) is 4.34. The average Bonchev–Trinajstić information content (AvgIpc) is 3.26. The van der Waals surface area contributed by atoms with Gasteiger partial charge in [-0.25, -0.2) is 13.9 Å². The minimum absolute atomic E-state index is 0.0441. The first-order valence-electron chi connectivity index (χ1n) is 8.69. The van der Waals surface area contributed by atoms with E-state index >= 15 is 0 Å². The zero-order valence-electron chi connectivity index (χ0n) is 15.5. The Morgan fingerprint density at radius 1 is 1.20 bits per heavy atom. The molecule has 0 aliphatic carbocycles. The van der Waals surface area contributed by atoms with Crippen molar-refractivity contribution in [2.24, 2.45) is 0 Å². The maximum atomic E-state index is 13.1. The molecular formula is C19H16F4N4O3. The van der Waals surface area contributed by atoms with Crippen LogP contribution in [0.25, 0.3) is 16.9 Å². The van der Waals surface area contributed by atoms with Crippen molar-refractivity contribution < 1.29 is 32.3 Å². The van der Waals surface area contributed by atoms with E-state index in [-0.39, 0.29) is 11.7 Å². The monoisotopic (exact) mass is 424 g/mol. The molecule has 2 aromatic heterocycles. The van der Waals surface area contributed by atoms with Gasteiger partial charge in [-0.05, 0) is 37.3 Å². The number of nitrogens with one attached hydrogen (secondary N) is 2. The highest BCUT2D eigenvalue weighted by molar-refractivity contribution is 5.97. The maximum absolute atomic E-state index is 13.1. The topological polar surface area (TPSA) is 100 Å². The van der Waals surface area contributed by atoms with Crippen molar-refractivity contribution in [1.82, 2.24) is 20.1 Å². The van der Waals surface area contributed by atoms with Crippen molar-refractivity contribution in [2.75, 3.05) is 6.54 Å². The molecule has 0 saturated carbocycles. The van der Waals surface area contributed by atoms with E-state index in [0.29, 0.717) is 12.1 Å². The highest BCUT2D eigenvalue weighted by Crippen LogP contribution is 2.27. The zero-order chi connectivity index (χ0) is 22.1. The van der Waals surface area contributed by atoms with E-state index in [0.717, 1.165) is 34.8 Å². The first-order chi connectivity index (χ1) is 14.1. The van der Waals surface area contributed by atoms with Crippen LogP contribution >= 0.6 is 0 Å². The highest BCUT2D eigenvalue weighted by atomic mass is 19.4. The molecule has 0 fully saturated rings. The van der Waals surface area contributed by atoms with Crippen LogP contribution in [0.15, 0.2) is 36.5 Å². The summed E-state index contributed by atoms with van der Waals surface area (Å²) in [7, 11) is 0. The number of hydrogen-bond acceptors (Lipinski definition) is 3. The van der Waals surface area contributed by atoms with Gasteiger partial charge in [0.25, 0.3) is 5.91 Å². The Morgan fingerprint density at radius 3 is 2.40 bits per heavy atom. The van der Waals surface area contributed by atoms with E-state index in [4.69, 9.17) is 9.90 Å². The van der Waals surface area contributed by atoms with Gasteiger partial charge in [-0.1, -0.05) is 0 Å². The predicted octanol–water partition coefficient (Wildman–Crippen LogP) is 3.23. The Kier molecular flexibility index (Phi) is 5.63. The first kappa shape index (κ1) is 21.1. The van der Waals surface area contributed by atoms with Gasteiger partial charge in [0.1, 0.15) is 5.82 Å². The molecule has 0 spiro atoms. The Labute approximate surface area is 167 Å². The number of H-pyrrole nitrogens is 1. The molecule has 0 saturated heterocycles. The van der Waals surface area contributed by atoms with Crippen LogP contribution in [0, 0.1) is 12.7 Å². The lowest BCUT2D eigenvalue weighted by Crippen LogP contribution is -2.31. The number of hydrogen-bond donors (Lipinski definition) is 3. The fourth-order valence-electron chi connectivity index (χ4n) is 2.96. The van der Waals surface area contributed by atoms with Crippen LogP contribution in [0.1, 0.15) is 21.7 Å². The van der Waals surface area contributed by atoms with Gasteiger partial charge >= 0.3 is 12.1 Å². The lowest BCUT2D eigenvalue weighted by Gasteiger charge is -2.10. The maximum Gasteiger partial charge on any atom is 0.490 e. The van der Waals surface area contributed by atoms with Gasteiger partial charge in [0.15, 0.2) is 0 Å². The number of amides is 1. The number of aliphatic carboxylic acids is 1. The van der Waals surface area contributed by atoms with Crippen LogP contribution in [-0.2, 0) is 11.2 Å². The lowest BCUT2D eigenvalue weighted by atomic mass is 10.1. The molecule has 1 aromatic carbocycles. The van der Waals surface area contributed by atoms with Gasteiger partial charge in [0.2, 0.25) is 0 Å². The fraction of sp³-hybridized carbons (Fsp3) is 0.211. The van der Waals surface area contributed by atoms with Crippen molar-refractivity contribution in [3.05, 3.63) is 59.3 Å². The van der Waals surface area contributed by atoms with Gasteiger partial charge < -0.3 is 15.4 Å². The van der Waals surface area contributed by atoms with E-state index in [2.05, 4.69) is 15.4 Å². The van der Waals surface area contributed by atoms with Gasteiger partial charge in [-0.3, -0.25) is 4.79 Å². The van der Waals surface area contributed by atoms with E-state index in [1.54, 1.807) is 23.0 Å². The number of carbonyl (C=O) groups excluding carboxylic acids is 1. The molecule has 158 valence electrons. The van der Waals surface area contributed by atoms with Gasteiger partial charge in [-0.2, -0.15) is 18.3 Å². The third-order valence-electron chi connectivity index (χ3n) is 4.42. The summed E-state index contributed by atoms with van der Waals surface area (Å²) in [6.45, 7) is 2.60. The molecule has 1 aliphatic rings. The van der Waals surface area contributed by atoms with Crippen molar-refractivity contribution in [3.8, 4) is 16.9 Å². The van der Waals surface area contributed by atoms with Crippen LogP contribution in [0.2, 0.25) is 0 Å². The molecule has 7 nitrogen and oxygen atoms in total. The number of carboxylic acids is 1. The number of carbonyl (C=O) groups is 2. The largest absolute Gasteiger partial charge is 0.490 e. The quantitative estimate of drug-likeness (QED) is 0.550. The number of alkyl halides is 3. The Morgan fingerprint density at radius 2 is 1.83 bits per heavy atom. The lowest BCUT2D eigenvalue weighted by molar-refractivity contribution is -0.192. The summed E-state index contributed by atoms with van der Waals surface area (Å²) in [5.74, 6) is -3.08. The van der Waals surface area contributed by atoms with Crippen molar-refractivity contribution in [3.63, 3.8) is 0 Å². The molecule has 3 aromatic rings. The molecule has 3 heterocycles. The second-order valence-corrected chi connectivity index (χ2v) is 6.42. The molecule has 1 aliphatic heterocycles. The van der Waals surface area contributed by atoms with Crippen LogP contribution in [0.4, 0.5) is 17.6 Å². The minimum atomic E-state index is -5.08. The van der Waals surface area contributed by atoms with Crippen LogP contribution in [0.5, 0.6) is 0 Å². The van der Waals surface area contributed by atoms with E-state index in [1.807, 2.05) is 13.0 Å². The number of nitrogens with zero attached hydrogens (tertiary/aromatic N) is 2. The number of carboxylic acid groups (broad SMARTS) is 1. The summed E-state index contributed by atoms with van der Waals surface area (Å²) in [6.07, 6.45) is -2.53. The van der Waals surface area contributed by atoms with E-state index in [1.165, 1.54) is 12.1 Å². The molecule has 30 heavy (non-hydrogen) atoms. The molecule has 0 unspecified atom stereocenters. The van der Waals surface area contributed by atoms with Crippen LogP contribution in [0.3, 0.4) is 0 Å². The summed E-state index contributed by atoms with van der Waals surface area (Å²) >= 11 is 0. The van der Waals surface area contributed by atoms with E-state index < -0.39 is 12.1 Å². The Bertz CT molecular complexity index is 1080. The zero-order valence-corrected chi connectivity index (χ0v) is 15.5. The molecule has 3 N–H and O–H groups in total. The second kappa shape index (κ2) is 8.01. The summed E-state index contributed by atoms with van der Waals surface area (Å²) in [4.78, 5) is 24.1. The van der Waals surface area contributed by atoms with Gasteiger partial charge in [-0.15, -0.1) is 0 Å². The summed E-state index contributed by atoms with van der Waals surface area (Å²) in [5.41, 5.74) is 5.17. The summed E-state index contributed by atoms with van der Waals surface area (Å²) in [5, 5.41) is 14.4. The number of benzene rings is 1. The van der Waals surface area contributed by atoms with Crippen molar-refractivity contribution in [1.29, 1.82) is 0 Å². The van der Waals surface area contributed by atoms with Crippen LogP contribution in [-0.4, -0.2) is 44.5 Å². The average molecular weight is 424 g/mol. The fourth-order valence-corrected chi connectivity index (χ4v) is 2.96. The number of fused-ring (bicyclic) bond motifs is 1. The number of aromatic amines is 1. The Hall–Kier alpha value is -3.63. The molecule has 0 radical (unpaired) electrons. The van der Waals surface area contributed by atoms with Crippen LogP contribution < -0.4 is 5.32 Å². The number of halogens is 4. The molecular weight excluding hydrogens is 408 g/mol. The van der Waals surface area contributed by atoms with E-state index in [9.17, 15) is 22.4 Å². The summed E-state index contributed by atoms with van der Waals surface area (Å²) < 4.78 is 46.6. The molecule has 11 heteroatoms. The Balaban J connectivity index is 0.000000318. The van der Waals surface area contributed by atoms with Gasteiger partial charge in [0, 0.05) is 29.9 Å². The standard InChI is InChI=1S/C17H15FN4O.C2HF3O2/c1-10-14(9-20-22(10)12-4-2-11(18)3-5-12)16-8-13-15(21-16)6-7-19-17(13)23;3-2(4,5)1(6)7/h2-5,8-9,21H,6-7H2,1H3,(H,19,23);(H,6,7). The molecule has 4 rings (SSSR count). The predicted molar refractivity (Wildman–Crippen MR) is 97.8 cm³/mol. The molecule has 0 atom stereocenters. The second-order valence-electron chi connectivity index (χ2n) is 6.42. The SMILES string of the molecule is Cc1c(-c2cc3c([nH]2)CCNC3=O)cnn1-c1ccc(F)cc1.O=C(O)C(F)(F)F. The number of rotatable bonds is 2. The van der Waals surface area contributed by atoms with Gasteiger partial charge in [0.05, 0.1) is 23.1 Å². The number of aromatic nitrogens is 3. The minimum Gasteiger partial charge on any atom is -0.475 e. The highest BCUT2D eigenvalue weighted by Gasteiger charge is 2.38. The summed E-state index contributed by atoms with van der Waals surface area (Å²) in [6, 6.07) is 8.06. The third-order valence-corrected chi connectivity index (χ3v) is 4.42. The smallest absolute Gasteiger partial charge is 0.475 e. The molecule has 1 amide bonds. The van der Waals surface area contributed by atoms with Crippen molar-refractivity contribution >= 4 is 11.9 Å². The normalized spacial score (nSPS) is 13.2. The van der Waals surface area contributed by atoms with Crippen molar-refractivity contribution in [2.45, 2.75) is 19.5 Å².